The van der Waals surface area contributed by atoms with Gasteiger partial charge in [-0.1, -0.05) is 30.3 Å². The summed E-state index contributed by atoms with van der Waals surface area (Å²) in [7, 11) is 1.34. The summed E-state index contributed by atoms with van der Waals surface area (Å²) in [4.78, 5) is 16.2. The largest absolute Gasteiger partial charge is 0.480 e. The van der Waals surface area contributed by atoms with E-state index in [4.69, 9.17) is 4.84 Å². The van der Waals surface area contributed by atoms with Crippen molar-refractivity contribution in [1.82, 2.24) is 10.0 Å². The van der Waals surface area contributed by atoms with Crippen LogP contribution in [0.15, 0.2) is 54.7 Å². The number of aromatic nitrogens is 1. The maximum Gasteiger partial charge on any atom is 0.416 e. The van der Waals surface area contributed by atoms with Crippen LogP contribution in [0.3, 0.4) is 0 Å². The van der Waals surface area contributed by atoms with Crippen LogP contribution in [0.2, 0.25) is 0 Å². The molecular weight excluding hydrogens is 373 g/mol. The fourth-order valence-electron chi connectivity index (χ4n) is 3.20. The third-order valence-corrected chi connectivity index (χ3v) is 4.46. The Bertz CT molecular complexity index is 982. The Hall–Kier alpha value is -2.84. The summed E-state index contributed by atoms with van der Waals surface area (Å²) in [5, 5.41) is 10.2. The van der Waals surface area contributed by atoms with Crippen LogP contribution < -0.4 is 5.48 Å². The molecule has 5 nitrogen and oxygen atoms in total. The lowest BCUT2D eigenvalue weighted by Gasteiger charge is -2.11. The van der Waals surface area contributed by atoms with Crippen LogP contribution in [-0.2, 0) is 28.8 Å². The highest BCUT2D eigenvalue weighted by Gasteiger charge is 2.30. The number of carbonyl (C=O) groups is 1. The number of halogens is 3. The molecule has 3 aromatic rings. The highest BCUT2D eigenvalue weighted by atomic mass is 19.4. The molecule has 3 rings (SSSR count). The summed E-state index contributed by atoms with van der Waals surface area (Å²) < 4.78 is 40.7. The molecule has 0 aliphatic carbocycles. The molecule has 0 saturated carbocycles. The van der Waals surface area contributed by atoms with Gasteiger partial charge >= 0.3 is 12.1 Å². The van der Waals surface area contributed by atoms with Crippen molar-refractivity contribution in [3.8, 4) is 0 Å². The van der Waals surface area contributed by atoms with Crippen molar-refractivity contribution >= 4 is 16.9 Å². The van der Waals surface area contributed by atoms with Crippen molar-refractivity contribution in [2.75, 3.05) is 7.11 Å². The van der Waals surface area contributed by atoms with Gasteiger partial charge in [-0.15, -0.1) is 0 Å². The third kappa shape index (κ3) is 4.35. The van der Waals surface area contributed by atoms with Gasteiger partial charge in [-0.05, 0) is 29.3 Å². The molecule has 1 unspecified atom stereocenters. The summed E-state index contributed by atoms with van der Waals surface area (Å²) in [5.41, 5.74) is 3.83. The number of alkyl halides is 3. The number of hydrogen-bond acceptors (Lipinski definition) is 3. The molecule has 28 heavy (non-hydrogen) atoms. The highest BCUT2D eigenvalue weighted by molar-refractivity contribution is 5.85. The lowest BCUT2D eigenvalue weighted by atomic mass is 10.1. The number of hydroxylamine groups is 1. The molecule has 0 amide bonds. The van der Waals surface area contributed by atoms with Crippen LogP contribution in [0.5, 0.6) is 0 Å². The molecule has 2 aromatic carbocycles. The molecule has 1 atom stereocenters. The fraction of sp³-hybridized carbons (Fsp3) is 0.250. The maximum atomic E-state index is 13.0. The predicted molar refractivity (Wildman–Crippen MR) is 97.8 cm³/mol. The van der Waals surface area contributed by atoms with Crippen LogP contribution in [0.4, 0.5) is 13.2 Å². The number of aliphatic carboxylic acids is 1. The molecule has 0 aliphatic rings. The average Bonchev–Trinajstić information content (AvgIpc) is 2.98. The molecule has 0 radical (unpaired) electrons. The Morgan fingerprint density at radius 2 is 1.96 bits per heavy atom. The fourth-order valence-corrected chi connectivity index (χ4v) is 3.20. The minimum atomic E-state index is -4.40. The third-order valence-electron chi connectivity index (χ3n) is 4.46. The Balaban J connectivity index is 1.96. The molecular formula is C20H19F3N2O3. The van der Waals surface area contributed by atoms with E-state index in [1.54, 1.807) is 12.3 Å². The number of para-hydroxylation sites is 1. The molecule has 0 spiro atoms. The molecule has 8 heteroatoms. The van der Waals surface area contributed by atoms with E-state index in [2.05, 4.69) is 5.48 Å². The molecule has 1 heterocycles. The van der Waals surface area contributed by atoms with E-state index in [-0.39, 0.29) is 13.0 Å². The van der Waals surface area contributed by atoms with Gasteiger partial charge in [0.2, 0.25) is 0 Å². The van der Waals surface area contributed by atoms with Gasteiger partial charge in [0.15, 0.2) is 0 Å². The number of nitrogens with one attached hydrogen (secondary N) is 1. The van der Waals surface area contributed by atoms with Crippen LogP contribution >= 0.6 is 0 Å². The van der Waals surface area contributed by atoms with Gasteiger partial charge in [0.1, 0.15) is 6.04 Å². The van der Waals surface area contributed by atoms with Crippen LogP contribution in [0.1, 0.15) is 16.7 Å². The molecule has 0 bridgehead atoms. The summed E-state index contributed by atoms with van der Waals surface area (Å²) in [6.45, 7) is 0.236. The van der Waals surface area contributed by atoms with E-state index < -0.39 is 23.8 Å². The van der Waals surface area contributed by atoms with Gasteiger partial charge in [0.25, 0.3) is 0 Å². The SMILES string of the molecule is CONC(Cc1cn(Cc2cccc(C(F)(F)F)c2)c2ccccc12)C(=O)O. The standard InChI is InChI=1S/C20H19F3N2O3/c1-28-24-17(19(26)27)10-14-12-25(18-8-3-2-7-16(14)18)11-13-5-4-6-15(9-13)20(21,22)23/h2-9,12,17,24H,10-11H2,1H3,(H,26,27). The first-order valence-corrected chi connectivity index (χ1v) is 8.54. The number of nitrogens with zero attached hydrogens (tertiary/aromatic N) is 1. The van der Waals surface area contributed by atoms with Gasteiger partial charge in [-0.2, -0.15) is 18.7 Å². The second-order valence-electron chi connectivity index (χ2n) is 6.41. The van der Waals surface area contributed by atoms with E-state index in [1.165, 1.54) is 13.2 Å². The van der Waals surface area contributed by atoms with E-state index >= 15 is 0 Å². The van der Waals surface area contributed by atoms with Gasteiger partial charge in [0.05, 0.1) is 12.7 Å². The topological polar surface area (TPSA) is 63.5 Å². The number of carboxylic acids is 1. The minimum absolute atomic E-state index is 0.166. The van der Waals surface area contributed by atoms with Crippen LogP contribution in [-0.4, -0.2) is 28.8 Å². The lowest BCUT2D eigenvalue weighted by Crippen LogP contribution is -2.37. The van der Waals surface area contributed by atoms with Crippen molar-refractivity contribution in [2.45, 2.75) is 25.2 Å². The zero-order valence-corrected chi connectivity index (χ0v) is 15.0. The number of carboxylic acid groups (broad SMARTS) is 1. The second-order valence-corrected chi connectivity index (χ2v) is 6.41. The normalized spacial score (nSPS) is 13.0. The maximum absolute atomic E-state index is 13.0. The Kier molecular flexibility index (Phi) is 5.71. The average molecular weight is 392 g/mol. The number of benzene rings is 2. The quantitative estimate of drug-likeness (QED) is 0.600. The summed E-state index contributed by atoms with van der Waals surface area (Å²) in [6.07, 6.45) is -2.46. The van der Waals surface area contributed by atoms with Gasteiger partial charge in [-0.3, -0.25) is 4.79 Å². The minimum Gasteiger partial charge on any atom is -0.480 e. The first-order chi connectivity index (χ1) is 13.3. The highest BCUT2D eigenvalue weighted by Crippen LogP contribution is 2.30. The summed E-state index contributed by atoms with van der Waals surface area (Å²) in [6, 6.07) is 11.6. The van der Waals surface area contributed by atoms with E-state index in [0.717, 1.165) is 28.6 Å². The van der Waals surface area contributed by atoms with Crippen molar-refractivity contribution in [3.05, 3.63) is 71.4 Å². The monoisotopic (exact) mass is 392 g/mol. The van der Waals surface area contributed by atoms with E-state index in [0.29, 0.717) is 5.56 Å². The van der Waals surface area contributed by atoms with E-state index in [1.807, 2.05) is 28.8 Å². The van der Waals surface area contributed by atoms with Gasteiger partial charge < -0.3 is 14.5 Å². The zero-order chi connectivity index (χ0) is 20.3. The number of hydrogen-bond donors (Lipinski definition) is 2. The Labute approximate surface area is 159 Å². The molecule has 0 saturated heterocycles. The van der Waals surface area contributed by atoms with Crippen LogP contribution in [0, 0.1) is 0 Å². The van der Waals surface area contributed by atoms with Crippen molar-refractivity contribution in [3.63, 3.8) is 0 Å². The lowest BCUT2D eigenvalue weighted by molar-refractivity contribution is -0.143. The predicted octanol–water partition coefficient (Wildman–Crippen LogP) is 3.86. The molecule has 0 aliphatic heterocycles. The second kappa shape index (κ2) is 8.04. The zero-order valence-electron chi connectivity index (χ0n) is 15.0. The van der Waals surface area contributed by atoms with Gasteiger partial charge in [0, 0.05) is 30.1 Å². The summed E-state index contributed by atoms with van der Waals surface area (Å²) in [5.74, 6) is -1.06. The first kappa shape index (κ1) is 19.9. The van der Waals surface area contributed by atoms with Gasteiger partial charge in [-0.25, -0.2) is 0 Å². The number of rotatable bonds is 7. The Morgan fingerprint density at radius 1 is 1.21 bits per heavy atom. The smallest absolute Gasteiger partial charge is 0.416 e. The molecule has 1 aromatic heterocycles. The van der Waals surface area contributed by atoms with Crippen molar-refractivity contribution in [2.24, 2.45) is 0 Å². The molecule has 2 N–H and O–H groups in total. The first-order valence-electron chi connectivity index (χ1n) is 8.54. The molecule has 0 fully saturated rings. The van der Waals surface area contributed by atoms with Crippen LogP contribution in [0.25, 0.3) is 10.9 Å². The summed E-state index contributed by atoms with van der Waals surface area (Å²) >= 11 is 0. The van der Waals surface area contributed by atoms with E-state index in [9.17, 15) is 23.1 Å². The Morgan fingerprint density at radius 3 is 2.64 bits per heavy atom. The van der Waals surface area contributed by atoms with Crippen molar-refractivity contribution < 1.29 is 27.9 Å². The van der Waals surface area contributed by atoms with Crippen molar-refractivity contribution in [1.29, 1.82) is 0 Å². The number of fused-ring (bicyclic) bond motifs is 1. The molecule has 148 valence electrons.